The van der Waals surface area contributed by atoms with E-state index in [1.165, 1.54) is 38.5 Å². The van der Waals surface area contributed by atoms with Gasteiger partial charge in [-0.1, -0.05) is 32.1 Å². The second kappa shape index (κ2) is 5.43. The van der Waals surface area contributed by atoms with Crippen molar-refractivity contribution in [2.75, 3.05) is 13.1 Å². The van der Waals surface area contributed by atoms with Gasteiger partial charge in [0.1, 0.15) is 0 Å². The topological polar surface area (TPSA) is 40.5 Å². The van der Waals surface area contributed by atoms with E-state index in [2.05, 4.69) is 4.90 Å². The molecule has 0 bridgehead atoms. The third kappa shape index (κ3) is 2.54. The Labute approximate surface area is 116 Å². The molecule has 3 fully saturated rings. The summed E-state index contributed by atoms with van der Waals surface area (Å²) in [5, 5.41) is 9.72. The average molecular weight is 265 g/mol. The molecule has 2 aliphatic carbocycles. The maximum Gasteiger partial charge on any atom is 0.310 e. The van der Waals surface area contributed by atoms with Gasteiger partial charge in [0.05, 0.1) is 5.41 Å². The molecule has 1 heterocycles. The van der Waals surface area contributed by atoms with Gasteiger partial charge in [0.15, 0.2) is 0 Å². The van der Waals surface area contributed by atoms with Crippen LogP contribution in [0.5, 0.6) is 0 Å². The molecule has 0 radical (unpaired) electrons. The van der Waals surface area contributed by atoms with E-state index in [0.717, 1.165) is 44.7 Å². The lowest BCUT2D eigenvalue weighted by Crippen LogP contribution is -2.47. The number of carboxylic acid groups (broad SMARTS) is 1. The van der Waals surface area contributed by atoms with Crippen LogP contribution in [0, 0.1) is 11.3 Å². The Morgan fingerprint density at radius 1 is 1.05 bits per heavy atom. The smallest absolute Gasteiger partial charge is 0.310 e. The Hall–Kier alpha value is -0.570. The maximum atomic E-state index is 11.8. The lowest BCUT2D eigenvalue weighted by atomic mass is 9.73. The van der Waals surface area contributed by atoms with Crippen LogP contribution >= 0.6 is 0 Å². The Morgan fingerprint density at radius 3 is 2.53 bits per heavy atom. The molecule has 3 rings (SSSR count). The van der Waals surface area contributed by atoms with E-state index in [0.29, 0.717) is 6.04 Å². The number of carbonyl (C=O) groups is 1. The molecule has 0 aromatic heterocycles. The molecule has 0 spiro atoms. The molecule has 19 heavy (non-hydrogen) atoms. The Bertz CT molecular complexity index is 336. The van der Waals surface area contributed by atoms with Crippen molar-refractivity contribution < 1.29 is 9.90 Å². The van der Waals surface area contributed by atoms with E-state index >= 15 is 0 Å². The van der Waals surface area contributed by atoms with E-state index in [4.69, 9.17) is 0 Å². The van der Waals surface area contributed by atoms with Gasteiger partial charge < -0.3 is 5.11 Å². The first-order valence-electron chi connectivity index (χ1n) is 8.19. The summed E-state index contributed by atoms with van der Waals surface area (Å²) in [7, 11) is 0. The minimum atomic E-state index is -0.536. The minimum Gasteiger partial charge on any atom is -0.481 e. The van der Waals surface area contributed by atoms with Crippen molar-refractivity contribution in [1.29, 1.82) is 0 Å². The SMILES string of the molecule is O=C(O)C1(CN2CCC3CCCCC32)CCCCC1. The van der Waals surface area contributed by atoms with Crippen LogP contribution < -0.4 is 0 Å². The lowest BCUT2D eigenvalue weighted by Gasteiger charge is -2.40. The van der Waals surface area contributed by atoms with Crippen LogP contribution in [-0.2, 0) is 4.79 Å². The van der Waals surface area contributed by atoms with Crippen molar-refractivity contribution in [3.63, 3.8) is 0 Å². The Balaban J connectivity index is 1.70. The van der Waals surface area contributed by atoms with Gasteiger partial charge in [-0.3, -0.25) is 9.69 Å². The van der Waals surface area contributed by atoms with Crippen LogP contribution in [0.4, 0.5) is 0 Å². The zero-order chi connectivity index (χ0) is 13.3. The van der Waals surface area contributed by atoms with E-state index in [1.807, 2.05) is 0 Å². The number of aliphatic carboxylic acids is 1. The van der Waals surface area contributed by atoms with Crippen LogP contribution in [0.15, 0.2) is 0 Å². The first-order chi connectivity index (χ1) is 9.21. The third-order valence-corrected chi connectivity index (χ3v) is 5.90. The highest BCUT2D eigenvalue weighted by atomic mass is 16.4. The monoisotopic (exact) mass is 265 g/mol. The van der Waals surface area contributed by atoms with Gasteiger partial charge in [-0.15, -0.1) is 0 Å². The normalized spacial score (nSPS) is 34.9. The van der Waals surface area contributed by atoms with Crippen molar-refractivity contribution in [1.82, 2.24) is 4.90 Å². The average Bonchev–Trinajstić information content (AvgIpc) is 2.83. The maximum absolute atomic E-state index is 11.8. The first kappa shape index (κ1) is 13.4. The molecule has 3 nitrogen and oxygen atoms in total. The van der Waals surface area contributed by atoms with Gasteiger partial charge in [-0.25, -0.2) is 0 Å². The molecule has 3 aliphatic rings. The van der Waals surface area contributed by atoms with E-state index in [-0.39, 0.29) is 0 Å². The quantitative estimate of drug-likeness (QED) is 0.851. The number of likely N-dealkylation sites (tertiary alicyclic amines) is 1. The molecule has 0 amide bonds. The van der Waals surface area contributed by atoms with Crippen molar-refractivity contribution in [3.05, 3.63) is 0 Å². The molecule has 2 saturated carbocycles. The van der Waals surface area contributed by atoms with Crippen LogP contribution in [0.1, 0.15) is 64.2 Å². The zero-order valence-electron chi connectivity index (χ0n) is 11.9. The number of hydrogen-bond donors (Lipinski definition) is 1. The molecule has 1 aliphatic heterocycles. The molecular weight excluding hydrogens is 238 g/mol. The van der Waals surface area contributed by atoms with Crippen molar-refractivity contribution in [3.8, 4) is 0 Å². The summed E-state index contributed by atoms with van der Waals surface area (Å²) in [5.74, 6) is 0.328. The summed E-state index contributed by atoms with van der Waals surface area (Å²) < 4.78 is 0. The van der Waals surface area contributed by atoms with Gasteiger partial charge in [-0.2, -0.15) is 0 Å². The summed E-state index contributed by atoms with van der Waals surface area (Å²) in [5.41, 5.74) is -0.426. The fourth-order valence-corrected chi connectivity index (χ4v) is 4.76. The lowest BCUT2D eigenvalue weighted by molar-refractivity contribution is -0.152. The second-order valence-corrected chi connectivity index (χ2v) is 7.02. The number of hydrogen-bond acceptors (Lipinski definition) is 2. The number of fused-ring (bicyclic) bond motifs is 1. The summed E-state index contributed by atoms with van der Waals surface area (Å²) in [6.07, 6.45) is 12.0. The van der Waals surface area contributed by atoms with Crippen LogP contribution in [0.25, 0.3) is 0 Å². The molecule has 2 atom stereocenters. The highest BCUT2D eigenvalue weighted by molar-refractivity contribution is 5.75. The van der Waals surface area contributed by atoms with Crippen molar-refractivity contribution >= 4 is 5.97 Å². The summed E-state index contributed by atoms with van der Waals surface area (Å²) in [6.45, 7) is 1.97. The highest BCUT2D eigenvalue weighted by Crippen LogP contribution is 2.42. The molecule has 1 saturated heterocycles. The van der Waals surface area contributed by atoms with Crippen molar-refractivity contribution in [2.45, 2.75) is 70.3 Å². The molecule has 0 aromatic rings. The summed E-state index contributed by atoms with van der Waals surface area (Å²) in [4.78, 5) is 14.3. The minimum absolute atomic E-state index is 0.426. The molecule has 0 aromatic carbocycles. The highest BCUT2D eigenvalue weighted by Gasteiger charge is 2.45. The molecule has 108 valence electrons. The van der Waals surface area contributed by atoms with Gasteiger partial charge >= 0.3 is 5.97 Å². The Morgan fingerprint density at radius 2 is 1.79 bits per heavy atom. The molecule has 2 unspecified atom stereocenters. The number of nitrogens with zero attached hydrogens (tertiary/aromatic N) is 1. The van der Waals surface area contributed by atoms with Crippen LogP contribution in [0.2, 0.25) is 0 Å². The second-order valence-electron chi connectivity index (χ2n) is 7.02. The summed E-state index contributed by atoms with van der Waals surface area (Å²) >= 11 is 0. The van der Waals surface area contributed by atoms with Crippen LogP contribution in [0.3, 0.4) is 0 Å². The fourth-order valence-electron chi connectivity index (χ4n) is 4.76. The van der Waals surface area contributed by atoms with E-state index in [1.54, 1.807) is 0 Å². The molecule has 3 heteroatoms. The van der Waals surface area contributed by atoms with Gasteiger partial charge in [0.25, 0.3) is 0 Å². The predicted octanol–water partition coefficient (Wildman–Crippen LogP) is 3.29. The largest absolute Gasteiger partial charge is 0.481 e. The summed E-state index contributed by atoms with van der Waals surface area (Å²) in [6, 6.07) is 0.701. The van der Waals surface area contributed by atoms with Crippen LogP contribution in [-0.4, -0.2) is 35.1 Å². The van der Waals surface area contributed by atoms with Gasteiger partial charge in [0.2, 0.25) is 0 Å². The van der Waals surface area contributed by atoms with Gasteiger partial charge in [0, 0.05) is 12.6 Å². The van der Waals surface area contributed by atoms with E-state index < -0.39 is 11.4 Å². The van der Waals surface area contributed by atoms with Crippen molar-refractivity contribution in [2.24, 2.45) is 11.3 Å². The predicted molar refractivity (Wildman–Crippen MR) is 75.1 cm³/mol. The third-order valence-electron chi connectivity index (χ3n) is 5.90. The number of carboxylic acids is 1. The number of rotatable bonds is 3. The molecule has 1 N–H and O–H groups in total. The standard InChI is InChI=1S/C16H27NO2/c18-15(19)16(9-4-1-5-10-16)12-17-11-8-13-6-2-3-7-14(13)17/h13-14H,1-12H2,(H,18,19). The van der Waals surface area contributed by atoms with E-state index in [9.17, 15) is 9.90 Å². The van der Waals surface area contributed by atoms with Gasteiger partial charge in [-0.05, 0) is 44.6 Å². The zero-order valence-corrected chi connectivity index (χ0v) is 11.9. The fraction of sp³-hybridized carbons (Fsp3) is 0.938. The first-order valence-corrected chi connectivity index (χ1v) is 8.19. The molecular formula is C16H27NO2. The Kier molecular flexibility index (Phi) is 3.84.